The van der Waals surface area contributed by atoms with E-state index in [0.29, 0.717) is 5.41 Å². The summed E-state index contributed by atoms with van der Waals surface area (Å²) in [5.41, 5.74) is 3.78. The van der Waals surface area contributed by atoms with Gasteiger partial charge in [-0.3, -0.25) is 0 Å². The van der Waals surface area contributed by atoms with Gasteiger partial charge in [0.2, 0.25) is 0 Å². The fourth-order valence-electron chi connectivity index (χ4n) is 4.73. The van der Waals surface area contributed by atoms with Crippen LogP contribution < -0.4 is 10.6 Å². The third-order valence-corrected chi connectivity index (χ3v) is 6.10. The number of rotatable bonds is 4. The van der Waals surface area contributed by atoms with Crippen molar-refractivity contribution in [1.82, 2.24) is 10.6 Å². The summed E-state index contributed by atoms with van der Waals surface area (Å²) in [5.74, 6) is 0.951. The van der Waals surface area contributed by atoms with Crippen LogP contribution >= 0.6 is 0 Å². The van der Waals surface area contributed by atoms with Crippen LogP contribution in [0.1, 0.15) is 49.7 Å². The monoisotopic (exact) mass is 284 g/mol. The number of benzene rings is 1. The highest BCUT2D eigenvalue weighted by atomic mass is 15.0. The van der Waals surface area contributed by atoms with E-state index in [1.54, 1.807) is 11.1 Å². The molecule has 1 saturated heterocycles. The van der Waals surface area contributed by atoms with Gasteiger partial charge in [-0.2, -0.15) is 0 Å². The molecule has 1 spiro atoms. The Hall–Kier alpha value is -0.860. The Bertz CT molecular complexity index is 492. The molecule has 0 amide bonds. The Morgan fingerprint density at radius 1 is 1.19 bits per heavy atom. The van der Waals surface area contributed by atoms with E-state index in [-0.39, 0.29) is 0 Å². The van der Waals surface area contributed by atoms with E-state index >= 15 is 0 Å². The minimum Gasteiger partial charge on any atom is -0.317 e. The SMILES string of the molecule is c1ccc2c(c1)CCC[C@]21C[C@H]1NCCC1CCNCC1. The predicted molar refractivity (Wildman–Crippen MR) is 87.7 cm³/mol. The van der Waals surface area contributed by atoms with Crippen molar-refractivity contribution >= 4 is 0 Å². The Balaban J connectivity index is 1.33. The Morgan fingerprint density at radius 2 is 2.05 bits per heavy atom. The molecular formula is C19H28N2. The molecular weight excluding hydrogens is 256 g/mol. The Labute approximate surface area is 128 Å². The van der Waals surface area contributed by atoms with Crippen molar-refractivity contribution in [1.29, 1.82) is 0 Å². The summed E-state index contributed by atoms with van der Waals surface area (Å²) in [5, 5.41) is 7.35. The second kappa shape index (κ2) is 5.73. The van der Waals surface area contributed by atoms with Gasteiger partial charge >= 0.3 is 0 Å². The molecule has 21 heavy (non-hydrogen) atoms. The molecule has 2 heteroatoms. The quantitative estimate of drug-likeness (QED) is 0.888. The summed E-state index contributed by atoms with van der Waals surface area (Å²) in [6, 6.07) is 9.93. The molecule has 1 aliphatic heterocycles. The summed E-state index contributed by atoms with van der Waals surface area (Å²) in [6.45, 7) is 3.68. The first kappa shape index (κ1) is 13.8. The molecule has 3 aliphatic rings. The van der Waals surface area contributed by atoms with Crippen molar-refractivity contribution in [3.05, 3.63) is 35.4 Å². The minimum atomic E-state index is 0.503. The first-order valence-corrected chi connectivity index (χ1v) is 8.91. The minimum absolute atomic E-state index is 0.503. The van der Waals surface area contributed by atoms with Gasteiger partial charge in [0.15, 0.2) is 0 Å². The highest BCUT2D eigenvalue weighted by molar-refractivity contribution is 5.44. The van der Waals surface area contributed by atoms with Crippen molar-refractivity contribution in [2.24, 2.45) is 5.92 Å². The Kier molecular flexibility index (Phi) is 3.76. The number of nitrogens with one attached hydrogen (secondary N) is 2. The summed E-state index contributed by atoms with van der Waals surface area (Å²) >= 11 is 0. The van der Waals surface area contributed by atoms with Gasteiger partial charge in [-0.1, -0.05) is 24.3 Å². The second-order valence-corrected chi connectivity index (χ2v) is 7.36. The average molecular weight is 284 g/mol. The van der Waals surface area contributed by atoms with Gasteiger partial charge in [-0.15, -0.1) is 0 Å². The van der Waals surface area contributed by atoms with Crippen LogP contribution in [-0.2, 0) is 11.8 Å². The van der Waals surface area contributed by atoms with Gasteiger partial charge in [-0.05, 0) is 81.6 Å². The summed E-state index contributed by atoms with van der Waals surface area (Å²) in [6.07, 6.45) is 9.56. The van der Waals surface area contributed by atoms with Gasteiger partial charge in [0.25, 0.3) is 0 Å². The molecule has 0 radical (unpaired) electrons. The van der Waals surface area contributed by atoms with Crippen molar-refractivity contribution in [3.8, 4) is 0 Å². The molecule has 0 aromatic heterocycles. The lowest BCUT2D eigenvalue weighted by molar-refractivity contribution is 0.345. The van der Waals surface area contributed by atoms with E-state index in [2.05, 4.69) is 34.9 Å². The summed E-state index contributed by atoms with van der Waals surface area (Å²) < 4.78 is 0. The van der Waals surface area contributed by atoms with E-state index < -0.39 is 0 Å². The number of fused-ring (bicyclic) bond motifs is 2. The molecule has 0 bridgehead atoms. The van der Waals surface area contributed by atoms with Crippen LogP contribution in [0, 0.1) is 5.92 Å². The first-order valence-electron chi connectivity index (χ1n) is 8.91. The third kappa shape index (κ3) is 2.64. The molecule has 2 nitrogen and oxygen atoms in total. The van der Waals surface area contributed by atoms with Crippen LogP contribution in [0.2, 0.25) is 0 Å². The zero-order chi connectivity index (χ0) is 14.1. The normalized spacial score (nSPS) is 32.1. The van der Waals surface area contributed by atoms with E-state index in [1.807, 2.05) is 0 Å². The fourth-order valence-corrected chi connectivity index (χ4v) is 4.73. The number of hydrogen-bond acceptors (Lipinski definition) is 2. The maximum atomic E-state index is 3.88. The fraction of sp³-hybridized carbons (Fsp3) is 0.684. The molecule has 1 heterocycles. The molecule has 2 aliphatic carbocycles. The topological polar surface area (TPSA) is 24.1 Å². The lowest BCUT2D eigenvalue weighted by Gasteiger charge is -2.27. The summed E-state index contributed by atoms with van der Waals surface area (Å²) in [4.78, 5) is 0. The van der Waals surface area contributed by atoms with Crippen molar-refractivity contribution in [3.63, 3.8) is 0 Å². The van der Waals surface area contributed by atoms with Crippen LogP contribution in [0.3, 0.4) is 0 Å². The van der Waals surface area contributed by atoms with Crippen LogP contribution in [0.15, 0.2) is 24.3 Å². The lowest BCUT2D eigenvalue weighted by atomic mass is 9.79. The van der Waals surface area contributed by atoms with Crippen molar-refractivity contribution in [2.75, 3.05) is 19.6 Å². The second-order valence-electron chi connectivity index (χ2n) is 7.36. The van der Waals surface area contributed by atoms with Crippen molar-refractivity contribution in [2.45, 2.75) is 56.4 Å². The first-order chi connectivity index (χ1) is 10.4. The molecule has 0 unspecified atom stereocenters. The highest BCUT2D eigenvalue weighted by Crippen LogP contribution is 2.55. The largest absolute Gasteiger partial charge is 0.317 e. The van der Waals surface area contributed by atoms with Crippen LogP contribution in [-0.4, -0.2) is 25.7 Å². The van der Waals surface area contributed by atoms with E-state index in [1.165, 1.54) is 64.6 Å². The highest BCUT2D eigenvalue weighted by Gasteiger charge is 2.56. The van der Waals surface area contributed by atoms with Gasteiger partial charge in [0.05, 0.1) is 0 Å². The predicted octanol–water partition coefficient (Wildman–Crippen LogP) is 3.01. The van der Waals surface area contributed by atoms with E-state index in [9.17, 15) is 0 Å². The molecule has 1 aromatic rings. The molecule has 114 valence electrons. The van der Waals surface area contributed by atoms with Crippen LogP contribution in [0.4, 0.5) is 0 Å². The molecule has 4 rings (SSSR count). The zero-order valence-electron chi connectivity index (χ0n) is 13.0. The molecule has 1 aromatic carbocycles. The summed E-state index contributed by atoms with van der Waals surface area (Å²) in [7, 11) is 0. The number of piperidine rings is 1. The van der Waals surface area contributed by atoms with Gasteiger partial charge in [-0.25, -0.2) is 0 Å². The lowest BCUT2D eigenvalue weighted by Crippen LogP contribution is -2.32. The van der Waals surface area contributed by atoms with Gasteiger partial charge in [0, 0.05) is 11.5 Å². The van der Waals surface area contributed by atoms with Crippen LogP contribution in [0.25, 0.3) is 0 Å². The smallest absolute Gasteiger partial charge is 0.0174 e. The molecule has 1 saturated carbocycles. The van der Waals surface area contributed by atoms with Gasteiger partial charge < -0.3 is 10.6 Å². The standard InChI is InChI=1S/C19H28N2/c1-2-6-17-16(4-1)5-3-10-19(17)14-18(19)21-13-9-15-7-11-20-12-8-15/h1-2,4,6,15,18,20-21H,3,5,7-14H2/t18-,19+/m1/s1. The Morgan fingerprint density at radius 3 is 2.95 bits per heavy atom. The zero-order valence-corrected chi connectivity index (χ0v) is 13.0. The molecule has 2 atom stereocenters. The van der Waals surface area contributed by atoms with E-state index in [4.69, 9.17) is 0 Å². The number of aryl methyl sites for hydroxylation is 1. The van der Waals surface area contributed by atoms with Crippen molar-refractivity contribution < 1.29 is 0 Å². The maximum absolute atomic E-state index is 3.88. The third-order valence-electron chi connectivity index (χ3n) is 6.10. The average Bonchev–Trinajstić information content (AvgIpc) is 3.22. The maximum Gasteiger partial charge on any atom is 0.0174 e. The molecule has 2 N–H and O–H groups in total. The van der Waals surface area contributed by atoms with E-state index in [0.717, 1.165) is 12.0 Å². The van der Waals surface area contributed by atoms with Crippen LogP contribution in [0.5, 0.6) is 0 Å². The van der Waals surface area contributed by atoms with Gasteiger partial charge in [0.1, 0.15) is 0 Å². The number of hydrogen-bond donors (Lipinski definition) is 2. The molecule has 2 fully saturated rings.